The van der Waals surface area contributed by atoms with E-state index in [-0.39, 0.29) is 23.6 Å². The van der Waals surface area contributed by atoms with Crippen molar-refractivity contribution in [2.45, 2.75) is 6.92 Å². The maximum absolute atomic E-state index is 12.8. The number of benzene rings is 1. The molecular weight excluding hydrogens is 243 g/mol. The zero-order chi connectivity index (χ0) is 12.9. The van der Waals surface area contributed by atoms with Crippen LogP contribution in [0.1, 0.15) is 12.5 Å². The van der Waals surface area contributed by atoms with E-state index in [9.17, 15) is 12.8 Å². The van der Waals surface area contributed by atoms with Gasteiger partial charge in [0.05, 0.1) is 17.0 Å². The molecule has 0 bridgehead atoms. The molecule has 1 aromatic rings. The van der Waals surface area contributed by atoms with Crippen LogP contribution < -0.4 is 5.32 Å². The Bertz CT molecular complexity index is 535. The van der Waals surface area contributed by atoms with Gasteiger partial charge >= 0.3 is 0 Å². The highest BCUT2D eigenvalue weighted by Gasteiger charge is 2.08. The average molecular weight is 256 g/mol. The smallest absolute Gasteiger partial charge is 0.151 e. The summed E-state index contributed by atoms with van der Waals surface area (Å²) in [4.78, 5) is 0. The normalized spacial score (nSPS) is 10.9. The number of rotatable bonds is 5. The number of halogens is 1. The lowest BCUT2D eigenvalue weighted by molar-refractivity contribution is 0.597. The van der Waals surface area contributed by atoms with Crippen molar-refractivity contribution in [3.05, 3.63) is 29.6 Å². The predicted octanol–water partition coefficient (Wildman–Crippen LogP) is 1.54. The van der Waals surface area contributed by atoms with E-state index in [1.165, 1.54) is 12.1 Å². The largest absolute Gasteiger partial charge is 0.383 e. The third-order valence-corrected chi connectivity index (χ3v) is 3.98. The molecule has 0 amide bonds. The van der Waals surface area contributed by atoms with Gasteiger partial charge in [-0.2, -0.15) is 5.26 Å². The monoisotopic (exact) mass is 256 g/mol. The van der Waals surface area contributed by atoms with E-state index in [0.717, 1.165) is 6.07 Å². The summed E-state index contributed by atoms with van der Waals surface area (Å²) in [5, 5.41) is 11.6. The molecule has 4 nitrogen and oxygen atoms in total. The second-order valence-corrected chi connectivity index (χ2v) is 5.94. The number of anilines is 1. The van der Waals surface area contributed by atoms with Gasteiger partial charge in [-0.3, -0.25) is 0 Å². The van der Waals surface area contributed by atoms with Gasteiger partial charge in [-0.15, -0.1) is 0 Å². The van der Waals surface area contributed by atoms with E-state index in [1.54, 1.807) is 6.92 Å². The molecule has 0 radical (unpaired) electrons. The van der Waals surface area contributed by atoms with Gasteiger partial charge in [-0.25, -0.2) is 12.8 Å². The summed E-state index contributed by atoms with van der Waals surface area (Å²) in [7, 11) is -3.04. The van der Waals surface area contributed by atoms with E-state index >= 15 is 0 Å². The number of nitrogens with zero attached hydrogens (tertiary/aromatic N) is 1. The first-order valence-corrected chi connectivity index (χ1v) is 6.94. The summed E-state index contributed by atoms with van der Waals surface area (Å²) in [6.07, 6.45) is 0. The van der Waals surface area contributed by atoms with Crippen LogP contribution in [0.4, 0.5) is 10.1 Å². The van der Waals surface area contributed by atoms with Gasteiger partial charge in [-0.1, -0.05) is 6.92 Å². The molecule has 92 valence electrons. The van der Waals surface area contributed by atoms with Crippen LogP contribution in [0.3, 0.4) is 0 Å². The van der Waals surface area contributed by atoms with Gasteiger partial charge in [0.15, 0.2) is 9.84 Å². The lowest BCUT2D eigenvalue weighted by Crippen LogP contribution is -2.17. The Balaban J connectivity index is 2.68. The average Bonchev–Trinajstić information content (AvgIpc) is 2.30. The van der Waals surface area contributed by atoms with Crippen molar-refractivity contribution in [3.8, 4) is 6.07 Å². The number of nitrogens with one attached hydrogen (secondary N) is 1. The highest BCUT2D eigenvalue weighted by atomic mass is 32.2. The fourth-order valence-electron chi connectivity index (χ4n) is 1.25. The Labute approximate surface area is 100.0 Å². The maximum Gasteiger partial charge on any atom is 0.151 e. The molecular formula is C11H13FN2O2S. The Morgan fingerprint density at radius 1 is 1.47 bits per heavy atom. The molecule has 0 aliphatic rings. The summed E-state index contributed by atoms with van der Waals surface area (Å²) in [6.45, 7) is 1.78. The van der Waals surface area contributed by atoms with Gasteiger partial charge in [0.25, 0.3) is 0 Å². The molecule has 1 aromatic carbocycles. The second-order valence-electron chi connectivity index (χ2n) is 3.46. The standard InChI is InChI=1S/C11H13FN2O2S/c1-2-17(15,16)6-5-14-11-4-3-10(12)7-9(11)8-13/h3-4,7,14H,2,5-6H2,1H3. The minimum atomic E-state index is -3.04. The fourth-order valence-corrected chi connectivity index (χ4v) is 1.95. The lowest BCUT2D eigenvalue weighted by atomic mass is 10.2. The lowest BCUT2D eigenvalue weighted by Gasteiger charge is -2.07. The molecule has 0 atom stereocenters. The number of nitriles is 1. The highest BCUT2D eigenvalue weighted by molar-refractivity contribution is 7.91. The van der Waals surface area contributed by atoms with Crippen LogP contribution in [0.2, 0.25) is 0 Å². The van der Waals surface area contributed by atoms with Gasteiger partial charge in [0, 0.05) is 12.3 Å². The van der Waals surface area contributed by atoms with Gasteiger partial charge < -0.3 is 5.32 Å². The van der Waals surface area contributed by atoms with Crippen molar-refractivity contribution >= 4 is 15.5 Å². The van der Waals surface area contributed by atoms with Crippen molar-refractivity contribution in [3.63, 3.8) is 0 Å². The number of hydrogen-bond donors (Lipinski definition) is 1. The van der Waals surface area contributed by atoms with Crippen molar-refractivity contribution in [1.29, 1.82) is 5.26 Å². The Morgan fingerprint density at radius 3 is 2.76 bits per heavy atom. The maximum atomic E-state index is 12.8. The zero-order valence-corrected chi connectivity index (χ0v) is 10.2. The third kappa shape index (κ3) is 4.04. The first kappa shape index (κ1) is 13.5. The van der Waals surface area contributed by atoms with Crippen LogP contribution in [0.25, 0.3) is 0 Å². The van der Waals surface area contributed by atoms with Crippen molar-refractivity contribution in [2.24, 2.45) is 0 Å². The van der Waals surface area contributed by atoms with Crippen molar-refractivity contribution in [1.82, 2.24) is 0 Å². The van der Waals surface area contributed by atoms with Crippen LogP contribution in [0.5, 0.6) is 0 Å². The predicted molar refractivity (Wildman–Crippen MR) is 63.9 cm³/mol. The molecule has 0 fully saturated rings. The summed E-state index contributed by atoms with van der Waals surface area (Å²) in [5.41, 5.74) is 0.610. The molecule has 6 heteroatoms. The van der Waals surface area contributed by atoms with Crippen LogP contribution in [0, 0.1) is 17.1 Å². The van der Waals surface area contributed by atoms with Crippen molar-refractivity contribution in [2.75, 3.05) is 23.4 Å². The summed E-state index contributed by atoms with van der Waals surface area (Å²) >= 11 is 0. The first-order valence-electron chi connectivity index (χ1n) is 5.12. The van der Waals surface area contributed by atoms with Gasteiger partial charge in [0.2, 0.25) is 0 Å². The van der Waals surface area contributed by atoms with Crippen LogP contribution >= 0.6 is 0 Å². The molecule has 17 heavy (non-hydrogen) atoms. The Morgan fingerprint density at radius 2 is 2.18 bits per heavy atom. The quantitative estimate of drug-likeness (QED) is 0.867. The molecule has 0 aliphatic heterocycles. The molecule has 1 N–H and O–H groups in total. The van der Waals surface area contributed by atoms with Crippen molar-refractivity contribution < 1.29 is 12.8 Å². The van der Waals surface area contributed by atoms with E-state index in [1.807, 2.05) is 6.07 Å². The SMILES string of the molecule is CCS(=O)(=O)CCNc1ccc(F)cc1C#N. The number of sulfone groups is 1. The zero-order valence-electron chi connectivity index (χ0n) is 9.40. The molecule has 0 heterocycles. The number of hydrogen-bond acceptors (Lipinski definition) is 4. The Kier molecular flexibility index (Phi) is 4.46. The van der Waals surface area contributed by atoms with Crippen LogP contribution in [0.15, 0.2) is 18.2 Å². The Hall–Kier alpha value is -1.61. The van der Waals surface area contributed by atoms with Crippen LogP contribution in [-0.4, -0.2) is 26.5 Å². The fraction of sp³-hybridized carbons (Fsp3) is 0.364. The minimum absolute atomic E-state index is 0.00819. The van der Waals surface area contributed by atoms with Crippen LogP contribution in [-0.2, 0) is 9.84 Å². The molecule has 0 aromatic heterocycles. The molecule has 0 saturated heterocycles. The van der Waals surface area contributed by atoms with E-state index in [4.69, 9.17) is 5.26 Å². The summed E-state index contributed by atoms with van der Waals surface area (Å²) in [5.74, 6) is -0.414. The van der Waals surface area contributed by atoms with Gasteiger partial charge in [-0.05, 0) is 18.2 Å². The third-order valence-electron chi connectivity index (χ3n) is 2.27. The van der Waals surface area contributed by atoms with E-state index < -0.39 is 15.7 Å². The summed E-state index contributed by atoms with van der Waals surface area (Å²) in [6, 6.07) is 5.60. The highest BCUT2D eigenvalue weighted by Crippen LogP contribution is 2.15. The molecule has 1 rings (SSSR count). The molecule has 0 spiro atoms. The topological polar surface area (TPSA) is 70.0 Å². The van der Waals surface area contributed by atoms with E-state index in [0.29, 0.717) is 5.69 Å². The molecule has 0 aliphatic carbocycles. The molecule has 0 saturated carbocycles. The molecule has 0 unspecified atom stereocenters. The second kappa shape index (κ2) is 5.64. The summed E-state index contributed by atoms with van der Waals surface area (Å²) < 4.78 is 35.3. The first-order chi connectivity index (χ1) is 7.98. The minimum Gasteiger partial charge on any atom is -0.383 e. The van der Waals surface area contributed by atoms with E-state index in [2.05, 4.69) is 5.32 Å². The van der Waals surface area contributed by atoms with Gasteiger partial charge in [0.1, 0.15) is 11.9 Å².